The molecule has 0 spiro atoms. The lowest BCUT2D eigenvalue weighted by Gasteiger charge is -2.09. The van der Waals surface area contributed by atoms with Gasteiger partial charge in [0.1, 0.15) is 5.75 Å². The molecular weight excluding hydrogens is 432 g/mol. The number of ether oxygens (including phenoxy) is 1. The number of rotatable bonds is 8. The monoisotopic (exact) mass is 458 g/mol. The van der Waals surface area contributed by atoms with E-state index in [0.717, 1.165) is 22.4 Å². The van der Waals surface area contributed by atoms with Crippen molar-refractivity contribution < 1.29 is 19.1 Å². The lowest BCUT2D eigenvalue weighted by molar-refractivity contribution is -0.139. The fraction of sp³-hybridized carbons (Fsp3) is 0.154. The molecule has 0 unspecified atom stereocenters. The normalized spacial score (nSPS) is 10.5. The molecule has 8 heteroatoms. The number of carbonyl (C=O) groups is 3. The molecule has 3 aromatic rings. The van der Waals surface area contributed by atoms with Crippen molar-refractivity contribution in [3.8, 4) is 5.75 Å². The van der Waals surface area contributed by atoms with Gasteiger partial charge < -0.3 is 15.4 Å². The van der Waals surface area contributed by atoms with Crippen LogP contribution in [0.1, 0.15) is 22.3 Å². The molecule has 0 saturated carbocycles. The largest absolute Gasteiger partial charge is 0.484 e. The van der Waals surface area contributed by atoms with Crippen LogP contribution in [0.3, 0.4) is 0 Å². The molecule has 3 aromatic carbocycles. The molecule has 0 aliphatic carbocycles. The van der Waals surface area contributed by atoms with Gasteiger partial charge >= 0.3 is 11.8 Å². The zero-order valence-corrected chi connectivity index (χ0v) is 19.0. The predicted octanol–water partition coefficient (Wildman–Crippen LogP) is 3.09. The Morgan fingerprint density at radius 2 is 1.62 bits per heavy atom. The average molecular weight is 459 g/mol. The van der Waals surface area contributed by atoms with Gasteiger partial charge in [0, 0.05) is 12.2 Å². The minimum absolute atomic E-state index is 0.161. The van der Waals surface area contributed by atoms with E-state index >= 15 is 0 Å². The molecule has 0 aliphatic heterocycles. The van der Waals surface area contributed by atoms with Crippen molar-refractivity contribution in [2.75, 3.05) is 11.9 Å². The van der Waals surface area contributed by atoms with Crippen LogP contribution in [0.2, 0.25) is 0 Å². The quantitative estimate of drug-likeness (QED) is 0.274. The van der Waals surface area contributed by atoms with Gasteiger partial charge in [-0.1, -0.05) is 48.5 Å². The van der Waals surface area contributed by atoms with Crippen LogP contribution < -0.4 is 20.8 Å². The van der Waals surface area contributed by atoms with E-state index in [4.69, 9.17) is 4.74 Å². The van der Waals surface area contributed by atoms with E-state index < -0.39 is 11.8 Å². The van der Waals surface area contributed by atoms with Crippen molar-refractivity contribution in [2.45, 2.75) is 20.4 Å². The van der Waals surface area contributed by atoms with E-state index in [1.807, 2.05) is 62.4 Å². The maximum atomic E-state index is 12.2. The van der Waals surface area contributed by atoms with Crippen molar-refractivity contribution in [2.24, 2.45) is 5.10 Å². The lowest BCUT2D eigenvalue weighted by atomic mass is 10.1. The van der Waals surface area contributed by atoms with Gasteiger partial charge in [-0.3, -0.25) is 14.4 Å². The van der Waals surface area contributed by atoms with E-state index in [1.165, 1.54) is 6.21 Å². The van der Waals surface area contributed by atoms with Crippen LogP contribution in [0.4, 0.5) is 5.69 Å². The summed E-state index contributed by atoms with van der Waals surface area (Å²) in [5, 5.41) is 9.14. The molecule has 0 atom stereocenters. The predicted molar refractivity (Wildman–Crippen MR) is 131 cm³/mol. The molecule has 0 heterocycles. The first-order valence-corrected chi connectivity index (χ1v) is 10.7. The number of hydrazone groups is 1. The molecule has 34 heavy (non-hydrogen) atoms. The highest BCUT2D eigenvalue weighted by molar-refractivity contribution is 6.35. The van der Waals surface area contributed by atoms with E-state index in [0.29, 0.717) is 11.3 Å². The second-order valence-corrected chi connectivity index (χ2v) is 7.65. The summed E-state index contributed by atoms with van der Waals surface area (Å²) in [6, 6.07) is 21.9. The fourth-order valence-corrected chi connectivity index (χ4v) is 3.15. The number of nitrogens with one attached hydrogen (secondary N) is 3. The number of hydrogen-bond donors (Lipinski definition) is 3. The Bertz CT molecular complexity index is 1170. The standard InChI is InChI=1S/C26H26N4O4/c1-18-11-19(2)13-22(12-18)29-24(31)17-34-23-10-6-9-21(14-23)16-28-30-26(33)25(32)27-15-20-7-4-3-5-8-20/h3-14,16H,15,17H2,1-2H3,(H,27,32)(H,29,31)(H,30,33)/b28-16-. The number of hydrogen-bond acceptors (Lipinski definition) is 5. The molecule has 0 aliphatic rings. The first-order chi connectivity index (χ1) is 16.4. The molecule has 0 bridgehead atoms. The van der Waals surface area contributed by atoms with Gasteiger partial charge in [-0.2, -0.15) is 5.10 Å². The Morgan fingerprint density at radius 3 is 2.35 bits per heavy atom. The van der Waals surface area contributed by atoms with Crippen molar-refractivity contribution in [1.82, 2.24) is 10.7 Å². The highest BCUT2D eigenvalue weighted by Gasteiger charge is 2.11. The van der Waals surface area contributed by atoms with Gasteiger partial charge in [0.05, 0.1) is 6.21 Å². The van der Waals surface area contributed by atoms with Crippen LogP contribution in [-0.4, -0.2) is 30.5 Å². The first-order valence-electron chi connectivity index (χ1n) is 10.7. The summed E-state index contributed by atoms with van der Waals surface area (Å²) < 4.78 is 5.56. The third kappa shape index (κ3) is 7.90. The number of nitrogens with zero attached hydrogens (tertiary/aromatic N) is 1. The Kier molecular flexibility index (Phi) is 8.51. The molecule has 0 saturated heterocycles. The first kappa shape index (κ1) is 24.2. The fourth-order valence-electron chi connectivity index (χ4n) is 3.15. The summed E-state index contributed by atoms with van der Waals surface area (Å²) >= 11 is 0. The molecule has 3 rings (SSSR count). The van der Waals surface area contributed by atoms with E-state index in [1.54, 1.807) is 24.3 Å². The SMILES string of the molecule is Cc1cc(C)cc(NC(=O)COc2cccc(/C=N\NC(=O)C(=O)NCc3ccccc3)c2)c1. The van der Waals surface area contributed by atoms with Crippen LogP contribution >= 0.6 is 0 Å². The molecule has 0 aromatic heterocycles. The van der Waals surface area contributed by atoms with Crippen molar-refractivity contribution in [1.29, 1.82) is 0 Å². The van der Waals surface area contributed by atoms with Gasteiger partial charge in [0.25, 0.3) is 5.91 Å². The Balaban J connectivity index is 1.45. The van der Waals surface area contributed by atoms with Crippen LogP contribution in [0, 0.1) is 13.8 Å². The second-order valence-electron chi connectivity index (χ2n) is 7.65. The molecule has 174 valence electrons. The Morgan fingerprint density at radius 1 is 0.882 bits per heavy atom. The highest BCUT2D eigenvalue weighted by Crippen LogP contribution is 2.15. The smallest absolute Gasteiger partial charge is 0.329 e. The van der Waals surface area contributed by atoms with Crippen molar-refractivity contribution in [3.63, 3.8) is 0 Å². The number of carbonyl (C=O) groups excluding carboxylic acids is 3. The third-order valence-electron chi connectivity index (χ3n) is 4.62. The Labute approximate surface area is 198 Å². The van der Waals surface area contributed by atoms with E-state index in [2.05, 4.69) is 21.2 Å². The van der Waals surface area contributed by atoms with Crippen LogP contribution in [-0.2, 0) is 20.9 Å². The number of amides is 3. The van der Waals surface area contributed by atoms with Gasteiger partial charge in [0.2, 0.25) is 0 Å². The van der Waals surface area contributed by atoms with Crippen LogP contribution in [0.15, 0.2) is 77.9 Å². The summed E-state index contributed by atoms with van der Waals surface area (Å²) in [6.45, 7) is 4.01. The summed E-state index contributed by atoms with van der Waals surface area (Å²) in [6.07, 6.45) is 1.38. The zero-order chi connectivity index (χ0) is 24.3. The minimum atomic E-state index is -0.873. The van der Waals surface area contributed by atoms with Crippen molar-refractivity contribution in [3.05, 3.63) is 95.1 Å². The topological polar surface area (TPSA) is 109 Å². The average Bonchev–Trinajstić information content (AvgIpc) is 2.81. The van der Waals surface area contributed by atoms with Gasteiger partial charge in [-0.05, 0) is 60.4 Å². The summed E-state index contributed by atoms with van der Waals surface area (Å²) in [5.74, 6) is -1.47. The summed E-state index contributed by atoms with van der Waals surface area (Å²) in [7, 11) is 0. The number of anilines is 1. The van der Waals surface area contributed by atoms with Gasteiger partial charge in [-0.15, -0.1) is 0 Å². The second kappa shape index (κ2) is 12.0. The van der Waals surface area contributed by atoms with E-state index in [9.17, 15) is 14.4 Å². The van der Waals surface area contributed by atoms with Gasteiger partial charge in [-0.25, -0.2) is 5.43 Å². The molecular formula is C26H26N4O4. The summed E-state index contributed by atoms with van der Waals surface area (Å²) in [5.41, 5.74) is 6.53. The zero-order valence-electron chi connectivity index (χ0n) is 19.0. The lowest BCUT2D eigenvalue weighted by Crippen LogP contribution is -2.37. The molecule has 0 fully saturated rings. The molecule has 3 N–H and O–H groups in total. The molecule has 8 nitrogen and oxygen atoms in total. The highest BCUT2D eigenvalue weighted by atomic mass is 16.5. The maximum absolute atomic E-state index is 12.2. The maximum Gasteiger partial charge on any atom is 0.329 e. The molecule has 0 radical (unpaired) electrons. The Hall–Kier alpha value is -4.46. The van der Waals surface area contributed by atoms with Crippen LogP contribution in [0.25, 0.3) is 0 Å². The summed E-state index contributed by atoms with van der Waals surface area (Å²) in [4.78, 5) is 36.0. The van der Waals surface area contributed by atoms with Crippen molar-refractivity contribution >= 4 is 29.6 Å². The van der Waals surface area contributed by atoms with Gasteiger partial charge in [0.15, 0.2) is 6.61 Å². The number of aryl methyl sites for hydroxylation is 2. The third-order valence-corrected chi connectivity index (χ3v) is 4.62. The molecule has 3 amide bonds. The van der Waals surface area contributed by atoms with E-state index in [-0.39, 0.29) is 19.1 Å². The minimum Gasteiger partial charge on any atom is -0.484 e. The number of benzene rings is 3. The van der Waals surface area contributed by atoms with Crippen LogP contribution in [0.5, 0.6) is 5.75 Å².